The molecule has 2 heterocycles. The number of aromatic nitrogens is 2. The van der Waals surface area contributed by atoms with Gasteiger partial charge in [0.2, 0.25) is 0 Å². The highest BCUT2D eigenvalue weighted by atomic mass is 16.4. The number of aliphatic carboxylic acids is 1. The van der Waals surface area contributed by atoms with Gasteiger partial charge in [-0.05, 0) is 13.0 Å². The summed E-state index contributed by atoms with van der Waals surface area (Å²) in [5.74, 6) is -0.742. The van der Waals surface area contributed by atoms with Crippen LogP contribution >= 0.6 is 0 Å². The fraction of sp³-hybridized carbons (Fsp3) is 0.667. The van der Waals surface area contributed by atoms with Gasteiger partial charge in [-0.15, -0.1) is 0 Å². The van der Waals surface area contributed by atoms with E-state index in [1.165, 1.54) is 0 Å². The second kappa shape index (κ2) is 5.49. The third-order valence-electron chi connectivity index (χ3n) is 3.47. The first kappa shape index (κ1) is 13.0. The van der Waals surface area contributed by atoms with Crippen LogP contribution in [0.3, 0.4) is 0 Å². The number of nitrogens with zero attached hydrogens (tertiary/aromatic N) is 4. The Morgan fingerprint density at radius 2 is 2.11 bits per heavy atom. The zero-order valence-electron chi connectivity index (χ0n) is 10.9. The molecule has 1 aliphatic heterocycles. The summed E-state index contributed by atoms with van der Waals surface area (Å²) in [5, 5.41) is 13.3. The highest BCUT2D eigenvalue weighted by Gasteiger charge is 2.25. The molecule has 0 spiro atoms. The summed E-state index contributed by atoms with van der Waals surface area (Å²) in [6, 6.07) is 1.63. The molecule has 6 heteroatoms. The van der Waals surface area contributed by atoms with Crippen molar-refractivity contribution in [3.05, 3.63) is 18.0 Å². The van der Waals surface area contributed by atoms with Gasteiger partial charge in [0.05, 0.1) is 5.69 Å². The minimum atomic E-state index is -0.742. The van der Waals surface area contributed by atoms with Gasteiger partial charge in [0.1, 0.15) is 6.04 Å². The fourth-order valence-corrected chi connectivity index (χ4v) is 2.24. The number of rotatable bonds is 4. The fourth-order valence-electron chi connectivity index (χ4n) is 2.24. The lowest BCUT2D eigenvalue weighted by molar-refractivity contribution is -0.143. The molecule has 0 saturated carbocycles. The van der Waals surface area contributed by atoms with E-state index in [1.54, 1.807) is 11.6 Å². The van der Waals surface area contributed by atoms with Crippen LogP contribution in [0.15, 0.2) is 12.3 Å². The molecule has 6 nitrogen and oxygen atoms in total. The van der Waals surface area contributed by atoms with Crippen molar-refractivity contribution in [3.63, 3.8) is 0 Å². The van der Waals surface area contributed by atoms with E-state index in [4.69, 9.17) is 5.11 Å². The van der Waals surface area contributed by atoms with Crippen LogP contribution in [-0.4, -0.2) is 62.9 Å². The predicted octanol–water partition coefficient (Wildman–Crippen LogP) is 0.0108. The van der Waals surface area contributed by atoms with Gasteiger partial charge in [-0.1, -0.05) is 0 Å². The van der Waals surface area contributed by atoms with E-state index in [1.807, 2.05) is 24.2 Å². The molecular weight excluding hydrogens is 232 g/mol. The average Bonchev–Trinajstić information content (AvgIpc) is 2.75. The smallest absolute Gasteiger partial charge is 0.320 e. The molecule has 0 aromatic carbocycles. The van der Waals surface area contributed by atoms with Crippen LogP contribution in [0.25, 0.3) is 0 Å². The van der Waals surface area contributed by atoms with E-state index in [0.29, 0.717) is 0 Å². The molecule has 1 unspecified atom stereocenters. The lowest BCUT2D eigenvalue weighted by Crippen LogP contribution is -2.51. The van der Waals surface area contributed by atoms with Crippen molar-refractivity contribution in [1.29, 1.82) is 0 Å². The number of carboxylic acids is 1. The zero-order valence-corrected chi connectivity index (χ0v) is 10.9. The van der Waals surface area contributed by atoms with E-state index >= 15 is 0 Å². The maximum Gasteiger partial charge on any atom is 0.320 e. The number of hydrogen-bond donors (Lipinski definition) is 1. The van der Waals surface area contributed by atoms with Gasteiger partial charge < -0.3 is 5.11 Å². The summed E-state index contributed by atoms with van der Waals surface area (Å²) in [6.07, 6.45) is 1.94. The minimum Gasteiger partial charge on any atom is -0.480 e. The van der Waals surface area contributed by atoms with Crippen LogP contribution in [0, 0.1) is 0 Å². The van der Waals surface area contributed by atoms with E-state index in [9.17, 15) is 4.79 Å². The Bertz CT molecular complexity index is 410. The van der Waals surface area contributed by atoms with Gasteiger partial charge in [0.15, 0.2) is 0 Å². The largest absolute Gasteiger partial charge is 0.480 e. The molecule has 1 N–H and O–H groups in total. The van der Waals surface area contributed by atoms with Crippen LogP contribution in [-0.2, 0) is 18.4 Å². The van der Waals surface area contributed by atoms with Crippen LogP contribution in [0.2, 0.25) is 0 Å². The molecule has 1 aromatic rings. The highest BCUT2D eigenvalue weighted by molar-refractivity contribution is 5.72. The van der Waals surface area contributed by atoms with E-state index in [0.717, 1.165) is 38.4 Å². The number of carboxylic acid groups (broad SMARTS) is 1. The van der Waals surface area contributed by atoms with Gasteiger partial charge in [-0.3, -0.25) is 19.3 Å². The lowest BCUT2D eigenvalue weighted by atomic mass is 10.2. The van der Waals surface area contributed by atoms with Crippen molar-refractivity contribution in [3.8, 4) is 0 Å². The topological polar surface area (TPSA) is 61.6 Å². The Kier molecular flexibility index (Phi) is 3.98. The van der Waals surface area contributed by atoms with Crippen molar-refractivity contribution < 1.29 is 9.90 Å². The molecule has 1 atom stereocenters. The van der Waals surface area contributed by atoms with Crippen LogP contribution in [0.4, 0.5) is 0 Å². The van der Waals surface area contributed by atoms with E-state index < -0.39 is 5.97 Å². The molecule has 0 bridgehead atoms. The Labute approximate surface area is 107 Å². The molecule has 18 heavy (non-hydrogen) atoms. The summed E-state index contributed by atoms with van der Waals surface area (Å²) in [4.78, 5) is 15.2. The Balaban J connectivity index is 1.81. The third-order valence-corrected chi connectivity index (χ3v) is 3.47. The second-order valence-corrected chi connectivity index (χ2v) is 4.81. The molecule has 0 amide bonds. The van der Waals surface area contributed by atoms with Crippen LogP contribution in [0.5, 0.6) is 0 Å². The summed E-state index contributed by atoms with van der Waals surface area (Å²) < 4.78 is 1.80. The summed E-state index contributed by atoms with van der Waals surface area (Å²) >= 11 is 0. The molecule has 1 aliphatic rings. The van der Waals surface area contributed by atoms with Crippen LogP contribution < -0.4 is 0 Å². The van der Waals surface area contributed by atoms with Gasteiger partial charge in [0, 0.05) is 46.0 Å². The highest BCUT2D eigenvalue weighted by Crippen LogP contribution is 2.09. The second-order valence-electron chi connectivity index (χ2n) is 4.81. The Morgan fingerprint density at radius 3 is 2.61 bits per heavy atom. The molecule has 0 radical (unpaired) electrons. The minimum absolute atomic E-state index is 0.387. The quantitative estimate of drug-likeness (QED) is 0.818. The number of hydrogen-bond acceptors (Lipinski definition) is 4. The lowest BCUT2D eigenvalue weighted by Gasteiger charge is -2.36. The summed E-state index contributed by atoms with van der Waals surface area (Å²) in [7, 11) is 1.91. The van der Waals surface area contributed by atoms with Gasteiger partial charge in [-0.2, -0.15) is 5.10 Å². The van der Waals surface area contributed by atoms with Crippen molar-refractivity contribution in [2.45, 2.75) is 19.5 Å². The molecule has 100 valence electrons. The van der Waals surface area contributed by atoms with Crippen molar-refractivity contribution in [1.82, 2.24) is 19.6 Å². The number of aryl methyl sites for hydroxylation is 1. The standard InChI is InChI=1S/C12H20N4O2/c1-10(12(17)18)16-7-5-15(6-8-16)9-11-3-4-14(2)13-11/h3-4,10H,5-9H2,1-2H3,(H,17,18). The van der Waals surface area contributed by atoms with Gasteiger partial charge in [0.25, 0.3) is 0 Å². The molecular formula is C12H20N4O2. The molecule has 1 fully saturated rings. The molecule has 1 saturated heterocycles. The SMILES string of the molecule is CC(C(=O)O)N1CCN(Cc2ccn(C)n2)CC1. The number of carbonyl (C=O) groups is 1. The molecule has 1 aromatic heterocycles. The van der Waals surface area contributed by atoms with Crippen LogP contribution in [0.1, 0.15) is 12.6 Å². The third kappa shape index (κ3) is 3.08. The summed E-state index contributed by atoms with van der Waals surface area (Å²) in [6.45, 7) is 6.00. The van der Waals surface area contributed by atoms with Gasteiger partial charge in [-0.25, -0.2) is 0 Å². The summed E-state index contributed by atoms with van der Waals surface area (Å²) in [5.41, 5.74) is 1.07. The first-order valence-electron chi connectivity index (χ1n) is 6.24. The number of piperazine rings is 1. The van der Waals surface area contributed by atoms with Crippen molar-refractivity contribution in [2.75, 3.05) is 26.2 Å². The maximum absolute atomic E-state index is 10.9. The molecule has 2 rings (SSSR count). The van der Waals surface area contributed by atoms with E-state index in [-0.39, 0.29) is 6.04 Å². The Morgan fingerprint density at radius 1 is 1.44 bits per heavy atom. The average molecular weight is 252 g/mol. The normalized spacial score (nSPS) is 19.9. The van der Waals surface area contributed by atoms with Gasteiger partial charge >= 0.3 is 5.97 Å². The Hall–Kier alpha value is -1.40. The van der Waals surface area contributed by atoms with Crippen molar-refractivity contribution in [2.24, 2.45) is 7.05 Å². The maximum atomic E-state index is 10.9. The van der Waals surface area contributed by atoms with Crippen molar-refractivity contribution >= 4 is 5.97 Å². The predicted molar refractivity (Wildman–Crippen MR) is 67.2 cm³/mol. The zero-order chi connectivity index (χ0) is 13.1. The monoisotopic (exact) mass is 252 g/mol. The first-order valence-corrected chi connectivity index (χ1v) is 6.24. The molecule has 0 aliphatic carbocycles. The first-order chi connectivity index (χ1) is 8.56. The van der Waals surface area contributed by atoms with E-state index in [2.05, 4.69) is 10.00 Å².